The number of carbonyl (C=O) groups excluding carboxylic acids is 1. The quantitative estimate of drug-likeness (QED) is 0.661. The number of carbonyl (C=O) groups is 1. The largest absolute Gasteiger partial charge is 0.366 e. The van der Waals surface area contributed by atoms with E-state index < -0.39 is 0 Å². The van der Waals surface area contributed by atoms with Crippen LogP contribution in [0, 0.1) is 5.92 Å². The number of piperidine rings is 1. The minimum Gasteiger partial charge on any atom is -0.366 e. The molecule has 1 aliphatic rings. The molecular formula is C24H27ClN4O. The molecule has 1 aliphatic heterocycles. The Bertz CT molecular complexity index is 1050. The minimum absolute atomic E-state index is 0.0156. The highest BCUT2D eigenvalue weighted by Gasteiger charge is 2.38. The Kier molecular flexibility index (Phi) is 5.67. The summed E-state index contributed by atoms with van der Waals surface area (Å²) in [6.07, 6.45) is 4.74. The summed E-state index contributed by atoms with van der Waals surface area (Å²) < 4.78 is 2.12. The number of likely N-dealkylation sites (tertiary alicyclic amines) is 1. The number of nitrogens with zero attached hydrogens (tertiary/aromatic N) is 3. The zero-order chi connectivity index (χ0) is 21.3. The van der Waals surface area contributed by atoms with Crippen molar-refractivity contribution in [1.82, 2.24) is 14.5 Å². The molecule has 2 atom stereocenters. The molecule has 2 N–H and O–H groups in total. The van der Waals surface area contributed by atoms with Gasteiger partial charge in [0.2, 0.25) is 5.91 Å². The van der Waals surface area contributed by atoms with Gasteiger partial charge in [0.25, 0.3) is 0 Å². The summed E-state index contributed by atoms with van der Waals surface area (Å²) in [4.78, 5) is 18.6. The summed E-state index contributed by atoms with van der Waals surface area (Å²) >= 11 is 5.98. The fourth-order valence-corrected chi connectivity index (χ4v) is 4.54. The molecule has 2 aromatic heterocycles. The van der Waals surface area contributed by atoms with Crippen LogP contribution in [0.5, 0.6) is 0 Å². The number of benzene rings is 1. The summed E-state index contributed by atoms with van der Waals surface area (Å²) in [5.74, 6) is 0.936. The second-order valence-corrected chi connectivity index (χ2v) is 8.89. The maximum absolute atomic E-state index is 11.6. The number of aromatic nitrogens is 2. The van der Waals surface area contributed by atoms with Crippen LogP contribution in [0.25, 0.3) is 5.82 Å². The highest BCUT2D eigenvalue weighted by atomic mass is 35.5. The molecule has 30 heavy (non-hydrogen) atoms. The van der Waals surface area contributed by atoms with Crippen LogP contribution in [0.3, 0.4) is 0 Å². The smallest absolute Gasteiger partial charge is 0.248 e. The first-order chi connectivity index (χ1) is 14.4. The van der Waals surface area contributed by atoms with Gasteiger partial charge >= 0.3 is 0 Å². The molecule has 5 nitrogen and oxygen atoms in total. The van der Waals surface area contributed by atoms with Crippen LogP contribution in [0.4, 0.5) is 0 Å². The fraction of sp³-hybridized carbons (Fsp3) is 0.333. The second kappa shape index (κ2) is 8.25. The first kappa shape index (κ1) is 20.6. The molecular weight excluding hydrogens is 396 g/mol. The summed E-state index contributed by atoms with van der Waals surface area (Å²) in [5, 5.41) is 0.636. The average Bonchev–Trinajstić information content (AvgIpc) is 3.19. The van der Waals surface area contributed by atoms with Crippen molar-refractivity contribution in [3.8, 4) is 5.82 Å². The van der Waals surface area contributed by atoms with Gasteiger partial charge in [-0.3, -0.25) is 9.69 Å². The average molecular weight is 423 g/mol. The molecule has 0 spiro atoms. The van der Waals surface area contributed by atoms with Crippen molar-refractivity contribution >= 4 is 17.5 Å². The fourth-order valence-electron chi connectivity index (χ4n) is 4.43. The summed E-state index contributed by atoms with van der Waals surface area (Å²) in [6.45, 7) is 7.43. The van der Waals surface area contributed by atoms with Gasteiger partial charge < -0.3 is 10.3 Å². The van der Waals surface area contributed by atoms with E-state index in [0.29, 0.717) is 16.5 Å². The molecule has 0 bridgehead atoms. The Morgan fingerprint density at radius 2 is 2.10 bits per heavy atom. The third-order valence-electron chi connectivity index (χ3n) is 6.55. The Hall–Kier alpha value is -2.63. The van der Waals surface area contributed by atoms with Gasteiger partial charge in [-0.1, -0.05) is 37.6 Å². The number of hydrogen-bond donors (Lipinski definition) is 1. The lowest BCUT2D eigenvalue weighted by Gasteiger charge is -2.45. The third-order valence-corrected chi connectivity index (χ3v) is 6.77. The Labute approximate surface area is 182 Å². The summed E-state index contributed by atoms with van der Waals surface area (Å²) in [6, 6.07) is 15.8. The van der Waals surface area contributed by atoms with Gasteiger partial charge in [-0.05, 0) is 66.3 Å². The van der Waals surface area contributed by atoms with E-state index in [1.807, 2.05) is 30.5 Å². The molecule has 0 saturated carbocycles. The zero-order valence-electron chi connectivity index (χ0n) is 17.4. The Morgan fingerprint density at radius 1 is 1.27 bits per heavy atom. The van der Waals surface area contributed by atoms with Crippen LogP contribution in [-0.4, -0.2) is 33.4 Å². The lowest BCUT2D eigenvalue weighted by atomic mass is 9.68. The van der Waals surface area contributed by atoms with Crippen molar-refractivity contribution in [2.45, 2.75) is 32.2 Å². The summed E-state index contributed by atoms with van der Waals surface area (Å²) in [5.41, 5.74) is 8.49. The van der Waals surface area contributed by atoms with Gasteiger partial charge in [0.05, 0.1) is 5.02 Å². The first-order valence-electron chi connectivity index (χ1n) is 10.3. The van der Waals surface area contributed by atoms with Gasteiger partial charge in [-0.2, -0.15) is 0 Å². The van der Waals surface area contributed by atoms with Crippen molar-refractivity contribution in [3.05, 3.63) is 82.8 Å². The molecule has 1 amide bonds. The Morgan fingerprint density at radius 3 is 2.80 bits per heavy atom. The molecule has 1 saturated heterocycles. The molecule has 0 aliphatic carbocycles. The standard InChI is InChI=1S/C24H27ClN4O/c1-17-15-28(12-10-24(17,2)19-6-3-5-18(13-19)23(26)30)16-21-7-4-11-29(21)22-9-8-20(25)14-27-22/h3-9,11,13-14,17H,10,12,15-16H2,1-2H3,(H2,26,30)/t17-,24+/m0/s1. The molecule has 156 valence electrons. The maximum Gasteiger partial charge on any atom is 0.248 e. The monoisotopic (exact) mass is 422 g/mol. The number of hydrogen-bond acceptors (Lipinski definition) is 3. The number of rotatable bonds is 5. The Balaban J connectivity index is 1.49. The molecule has 6 heteroatoms. The van der Waals surface area contributed by atoms with Crippen LogP contribution >= 0.6 is 11.6 Å². The van der Waals surface area contributed by atoms with Crippen LogP contribution < -0.4 is 5.73 Å². The lowest BCUT2D eigenvalue weighted by Crippen LogP contribution is -2.47. The van der Waals surface area contributed by atoms with Gasteiger partial charge in [0.15, 0.2) is 0 Å². The SMILES string of the molecule is C[C@H]1CN(Cc2cccn2-c2ccc(Cl)cn2)CC[C@@]1(C)c1cccc(C(N)=O)c1. The predicted molar refractivity (Wildman–Crippen MR) is 120 cm³/mol. The molecule has 3 aromatic rings. The number of nitrogens with two attached hydrogens (primary N) is 1. The number of amides is 1. The van der Waals surface area contributed by atoms with E-state index in [1.54, 1.807) is 12.3 Å². The highest BCUT2D eigenvalue weighted by Crippen LogP contribution is 2.40. The molecule has 0 unspecified atom stereocenters. The van der Waals surface area contributed by atoms with Crippen LogP contribution in [0.1, 0.15) is 41.9 Å². The number of primary amides is 1. The first-order valence-corrected chi connectivity index (χ1v) is 10.7. The molecule has 1 aromatic carbocycles. The van der Waals surface area contributed by atoms with Crippen molar-refractivity contribution in [2.24, 2.45) is 11.7 Å². The van der Waals surface area contributed by atoms with Crippen molar-refractivity contribution in [2.75, 3.05) is 13.1 Å². The highest BCUT2D eigenvalue weighted by molar-refractivity contribution is 6.30. The number of halogens is 1. The van der Waals surface area contributed by atoms with Gasteiger partial charge in [-0.15, -0.1) is 0 Å². The van der Waals surface area contributed by atoms with E-state index in [9.17, 15) is 4.79 Å². The van der Waals surface area contributed by atoms with E-state index in [2.05, 4.69) is 46.5 Å². The van der Waals surface area contributed by atoms with Crippen molar-refractivity contribution in [3.63, 3.8) is 0 Å². The van der Waals surface area contributed by atoms with Gasteiger partial charge in [0, 0.05) is 36.7 Å². The predicted octanol–water partition coefficient (Wildman–Crippen LogP) is 4.42. The summed E-state index contributed by atoms with van der Waals surface area (Å²) in [7, 11) is 0. The molecule has 0 radical (unpaired) electrons. The topological polar surface area (TPSA) is 64.2 Å². The molecule has 3 heterocycles. The van der Waals surface area contributed by atoms with E-state index in [4.69, 9.17) is 17.3 Å². The normalized spacial score (nSPS) is 22.2. The van der Waals surface area contributed by atoms with E-state index >= 15 is 0 Å². The zero-order valence-corrected chi connectivity index (χ0v) is 18.1. The molecule has 1 fully saturated rings. The van der Waals surface area contributed by atoms with Crippen LogP contribution in [0.15, 0.2) is 60.9 Å². The van der Waals surface area contributed by atoms with Crippen LogP contribution in [0.2, 0.25) is 5.02 Å². The van der Waals surface area contributed by atoms with E-state index in [0.717, 1.165) is 31.9 Å². The lowest BCUT2D eigenvalue weighted by molar-refractivity contribution is 0.0994. The molecule has 4 rings (SSSR count). The van der Waals surface area contributed by atoms with Crippen LogP contribution in [-0.2, 0) is 12.0 Å². The maximum atomic E-state index is 11.6. The van der Waals surface area contributed by atoms with Crippen molar-refractivity contribution < 1.29 is 4.79 Å². The number of pyridine rings is 1. The van der Waals surface area contributed by atoms with Gasteiger partial charge in [0.1, 0.15) is 5.82 Å². The minimum atomic E-state index is -0.373. The van der Waals surface area contributed by atoms with E-state index in [1.165, 1.54) is 11.3 Å². The van der Waals surface area contributed by atoms with E-state index in [-0.39, 0.29) is 11.3 Å². The second-order valence-electron chi connectivity index (χ2n) is 8.45. The van der Waals surface area contributed by atoms with Gasteiger partial charge in [-0.25, -0.2) is 4.98 Å². The van der Waals surface area contributed by atoms with Crippen molar-refractivity contribution in [1.29, 1.82) is 0 Å². The third kappa shape index (κ3) is 4.00.